The van der Waals surface area contributed by atoms with Gasteiger partial charge in [-0.05, 0) is 43.5 Å². The zero-order valence-electron chi connectivity index (χ0n) is 11.4. The summed E-state index contributed by atoms with van der Waals surface area (Å²) < 4.78 is 6.80. The van der Waals surface area contributed by atoms with Crippen LogP contribution < -0.4 is 5.73 Å². The van der Waals surface area contributed by atoms with Crippen LogP contribution in [0.15, 0.2) is 27.1 Å². The summed E-state index contributed by atoms with van der Waals surface area (Å²) in [6, 6.07) is 5.93. The normalized spacial score (nSPS) is 13.0. The van der Waals surface area contributed by atoms with Crippen LogP contribution in [-0.2, 0) is 6.42 Å². The van der Waals surface area contributed by atoms with Crippen molar-refractivity contribution >= 4 is 27.0 Å². The fraction of sp³-hybridized carbons (Fsp3) is 0.533. The molecule has 1 atom stereocenters. The maximum Gasteiger partial charge on any atom is 0.195 e. The highest BCUT2D eigenvalue weighted by Crippen LogP contribution is 2.23. The third kappa shape index (κ3) is 4.05. The van der Waals surface area contributed by atoms with Gasteiger partial charge < -0.3 is 10.2 Å². The van der Waals surface area contributed by atoms with Crippen molar-refractivity contribution in [3.63, 3.8) is 0 Å². The van der Waals surface area contributed by atoms with Crippen LogP contribution in [0.5, 0.6) is 0 Å². The predicted molar refractivity (Wildman–Crippen MR) is 82.1 cm³/mol. The standard InChI is InChI=1S/C15H21BrN2O/c1-2-3-11(8-9-17)4-7-15-18-13-10-12(16)5-6-14(13)19-15/h5-6,10-11H,2-4,7-9,17H2,1H3. The van der Waals surface area contributed by atoms with E-state index in [2.05, 4.69) is 27.8 Å². The number of nitrogens with zero attached hydrogens (tertiary/aromatic N) is 1. The summed E-state index contributed by atoms with van der Waals surface area (Å²) in [7, 11) is 0. The molecule has 0 aliphatic carbocycles. The molecule has 4 heteroatoms. The van der Waals surface area contributed by atoms with Crippen LogP contribution in [0.25, 0.3) is 11.1 Å². The first-order valence-corrected chi connectivity index (χ1v) is 7.77. The van der Waals surface area contributed by atoms with Crippen molar-refractivity contribution in [2.75, 3.05) is 6.54 Å². The third-order valence-electron chi connectivity index (χ3n) is 3.43. The maximum absolute atomic E-state index is 5.77. The average Bonchev–Trinajstić information content (AvgIpc) is 2.78. The molecule has 19 heavy (non-hydrogen) atoms. The van der Waals surface area contributed by atoms with E-state index in [4.69, 9.17) is 10.2 Å². The number of fused-ring (bicyclic) bond motifs is 1. The molecule has 1 aromatic heterocycles. The fourth-order valence-electron chi connectivity index (χ4n) is 2.46. The van der Waals surface area contributed by atoms with E-state index < -0.39 is 0 Å². The van der Waals surface area contributed by atoms with Gasteiger partial charge in [0.15, 0.2) is 11.5 Å². The largest absolute Gasteiger partial charge is 0.441 e. The molecule has 0 bridgehead atoms. The molecule has 0 aliphatic rings. The van der Waals surface area contributed by atoms with E-state index >= 15 is 0 Å². The van der Waals surface area contributed by atoms with Crippen molar-refractivity contribution in [3.8, 4) is 0 Å². The molecule has 2 aromatic rings. The van der Waals surface area contributed by atoms with E-state index in [1.165, 1.54) is 12.8 Å². The Morgan fingerprint density at radius 1 is 1.32 bits per heavy atom. The Kier molecular flexibility index (Phi) is 5.40. The monoisotopic (exact) mass is 324 g/mol. The lowest BCUT2D eigenvalue weighted by Gasteiger charge is -2.13. The number of hydrogen-bond donors (Lipinski definition) is 1. The quantitative estimate of drug-likeness (QED) is 0.826. The van der Waals surface area contributed by atoms with E-state index in [0.717, 1.165) is 47.3 Å². The van der Waals surface area contributed by atoms with Gasteiger partial charge in [0.25, 0.3) is 0 Å². The van der Waals surface area contributed by atoms with Crippen molar-refractivity contribution in [1.29, 1.82) is 0 Å². The lowest BCUT2D eigenvalue weighted by Crippen LogP contribution is -2.09. The van der Waals surface area contributed by atoms with Crippen LogP contribution in [0.2, 0.25) is 0 Å². The van der Waals surface area contributed by atoms with Crippen LogP contribution in [0.1, 0.15) is 38.5 Å². The molecule has 1 aromatic carbocycles. The van der Waals surface area contributed by atoms with Gasteiger partial charge in [0.05, 0.1) is 0 Å². The number of aromatic nitrogens is 1. The van der Waals surface area contributed by atoms with Crippen molar-refractivity contribution < 1.29 is 4.42 Å². The van der Waals surface area contributed by atoms with E-state index in [9.17, 15) is 0 Å². The van der Waals surface area contributed by atoms with Gasteiger partial charge >= 0.3 is 0 Å². The molecule has 1 unspecified atom stereocenters. The first-order chi connectivity index (χ1) is 9.22. The summed E-state index contributed by atoms with van der Waals surface area (Å²) in [5, 5.41) is 0. The second kappa shape index (κ2) is 7.06. The highest BCUT2D eigenvalue weighted by Gasteiger charge is 2.11. The number of rotatable bonds is 7. The molecule has 0 radical (unpaired) electrons. The molecule has 104 valence electrons. The average molecular weight is 325 g/mol. The van der Waals surface area contributed by atoms with Crippen LogP contribution in [0.4, 0.5) is 0 Å². The predicted octanol–water partition coefficient (Wildman–Crippen LogP) is 4.29. The maximum atomic E-state index is 5.77. The SMILES string of the molecule is CCCC(CCN)CCc1nc2cc(Br)ccc2o1. The topological polar surface area (TPSA) is 52.0 Å². The lowest BCUT2D eigenvalue weighted by atomic mass is 9.94. The Labute approximate surface area is 122 Å². The summed E-state index contributed by atoms with van der Waals surface area (Å²) in [4.78, 5) is 4.54. The van der Waals surface area contributed by atoms with Gasteiger partial charge in [0, 0.05) is 10.9 Å². The third-order valence-corrected chi connectivity index (χ3v) is 3.93. The number of nitrogens with two attached hydrogens (primary N) is 1. The molecular weight excluding hydrogens is 304 g/mol. The molecule has 0 spiro atoms. The van der Waals surface area contributed by atoms with Gasteiger partial charge in [0.2, 0.25) is 0 Å². The number of hydrogen-bond acceptors (Lipinski definition) is 3. The number of aryl methyl sites for hydroxylation is 1. The second-order valence-electron chi connectivity index (χ2n) is 4.99. The van der Waals surface area contributed by atoms with E-state index in [-0.39, 0.29) is 0 Å². The Balaban J connectivity index is 2.00. The summed E-state index contributed by atoms with van der Waals surface area (Å²) in [5.74, 6) is 1.53. The summed E-state index contributed by atoms with van der Waals surface area (Å²) in [5.41, 5.74) is 7.45. The highest BCUT2D eigenvalue weighted by atomic mass is 79.9. The van der Waals surface area contributed by atoms with Gasteiger partial charge in [-0.1, -0.05) is 35.7 Å². The molecule has 2 rings (SSSR count). The molecular formula is C15H21BrN2O. The van der Waals surface area contributed by atoms with E-state index in [1.54, 1.807) is 0 Å². The number of benzene rings is 1. The molecule has 0 amide bonds. The molecule has 3 nitrogen and oxygen atoms in total. The molecule has 0 saturated carbocycles. The summed E-state index contributed by atoms with van der Waals surface area (Å²) >= 11 is 3.45. The smallest absolute Gasteiger partial charge is 0.195 e. The van der Waals surface area contributed by atoms with Crippen molar-refractivity contribution in [3.05, 3.63) is 28.6 Å². The number of oxazole rings is 1. The van der Waals surface area contributed by atoms with Gasteiger partial charge in [-0.2, -0.15) is 0 Å². The van der Waals surface area contributed by atoms with Gasteiger partial charge in [-0.25, -0.2) is 4.98 Å². The highest BCUT2D eigenvalue weighted by molar-refractivity contribution is 9.10. The summed E-state index contributed by atoms with van der Waals surface area (Å²) in [6.45, 7) is 2.99. The Morgan fingerprint density at radius 3 is 2.89 bits per heavy atom. The van der Waals surface area contributed by atoms with Crippen molar-refractivity contribution in [1.82, 2.24) is 4.98 Å². The second-order valence-corrected chi connectivity index (χ2v) is 5.91. The van der Waals surface area contributed by atoms with Crippen molar-refractivity contribution in [2.45, 2.75) is 39.0 Å². The molecule has 0 aliphatic heterocycles. The van der Waals surface area contributed by atoms with Crippen LogP contribution in [0, 0.1) is 5.92 Å². The Hall–Kier alpha value is -0.870. The zero-order chi connectivity index (χ0) is 13.7. The zero-order valence-corrected chi connectivity index (χ0v) is 12.9. The summed E-state index contributed by atoms with van der Waals surface area (Å²) in [6.07, 6.45) is 5.56. The van der Waals surface area contributed by atoms with E-state index in [1.807, 2.05) is 18.2 Å². The fourth-order valence-corrected chi connectivity index (χ4v) is 2.81. The first-order valence-electron chi connectivity index (χ1n) is 6.98. The first kappa shape index (κ1) is 14.5. The van der Waals surface area contributed by atoms with Gasteiger partial charge in [-0.15, -0.1) is 0 Å². The molecule has 1 heterocycles. The molecule has 2 N–H and O–H groups in total. The van der Waals surface area contributed by atoms with Gasteiger partial charge in [-0.3, -0.25) is 0 Å². The molecule has 0 saturated heterocycles. The van der Waals surface area contributed by atoms with Crippen LogP contribution in [0.3, 0.4) is 0 Å². The minimum Gasteiger partial charge on any atom is -0.441 e. The van der Waals surface area contributed by atoms with Gasteiger partial charge in [0.1, 0.15) is 5.52 Å². The minimum absolute atomic E-state index is 0.691. The van der Waals surface area contributed by atoms with Crippen LogP contribution >= 0.6 is 15.9 Å². The van der Waals surface area contributed by atoms with Crippen molar-refractivity contribution in [2.24, 2.45) is 11.7 Å². The Bertz CT molecular complexity index is 518. The van der Waals surface area contributed by atoms with Crippen LogP contribution in [-0.4, -0.2) is 11.5 Å². The van der Waals surface area contributed by atoms with E-state index in [0.29, 0.717) is 5.92 Å². The lowest BCUT2D eigenvalue weighted by molar-refractivity contribution is 0.398. The number of halogens is 1. The Morgan fingerprint density at radius 2 is 2.16 bits per heavy atom. The molecule has 0 fully saturated rings. The minimum atomic E-state index is 0.691.